The van der Waals surface area contributed by atoms with Gasteiger partial charge >= 0.3 is 6.09 Å². The van der Waals surface area contributed by atoms with Gasteiger partial charge in [0.1, 0.15) is 5.75 Å². The van der Waals surface area contributed by atoms with Gasteiger partial charge in [-0.25, -0.2) is 4.79 Å². The van der Waals surface area contributed by atoms with Crippen molar-refractivity contribution in [2.75, 3.05) is 32.8 Å². The number of benzene rings is 2. The Hall–Kier alpha value is -3.10. The molecule has 8 nitrogen and oxygen atoms in total. The maximum absolute atomic E-state index is 12.4. The molecule has 2 aromatic rings. The smallest absolute Gasteiger partial charge is 0.409 e. The van der Waals surface area contributed by atoms with Crippen molar-refractivity contribution in [3.63, 3.8) is 0 Å². The number of likely N-dealkylation sites (tertiary alicyclic amines) is 2. The van der Waals surface area contributed by atoms with Crippen molar-refractivity contribution in [2.24, 2.45) is 11.3 Å². The molecule has 0 bridgehead atoms. The van der Waals surface area contributed by atoms with Crippen LogP contribution in [0.1, 0.15) is 48.5 Å². The lowest BCUT2D eigenvalue weighted by Gasteiger charge is -2.37. The second-order valence-corrected chi connectivity index (χ2v) is 11.3. The molecule has 1 aliphatic carbocycles. The molecular weight excluding hydrogens is 472 g/mol. The normalized spacial score (nSPS) is 23.0. The molecule has 1 unspecified atom stereocenters. The Balaban J connectivity index is 1.03. The summed E-state index contributed by atoms with van der Waals surface area (Å²) >= 11 is 0. The summed E-state index contributed by atoms with van der Waals surface area (Å²) in [5, 5.41) is 9.43. The number of carbonyl (C=O) groups excluding carboxylic acids is 2. The average Bonchev–Trinajstić information content (AvgIpc) is 3.66. The number of hydrogen-bond acceptors (Lipinski definition) is 6. The lowest BCUT2D eigenvalue weighted by atomic mass is 9.95. The Kier molecular flexibility index (Phi) is 6.32. The summed E-state index contributed by atoms with van der Waals surface area (Å²) < 4.78 is 17.9. The number of aliphatic hydroxyl groups is 1. The number of β-amino-alcohol motifs (C(OH)–C–C–N with tert-alkyl or cyclic N) is 1. The van der Waals surface area contributed by atoms with Crippen molar-refractivity contribution in [1.82, 2.24) is 9.80 Å². The first kappa shape index (κ1) is 24.2. The largest absolute Gasteiger partial charge is 0.464 e. The van der Waals surface area contributed by atoms with Crippen molar-refractivity contribution >= 4 is 12.0 Å². The lowest BCUT2D eigenvalue weighted by Crippen LogP contribution is -2.53. The van der Waals surface area contributed by atoms with Gasteiger partial charge in [-0.2, -0.15) is 0 Å². The first-order valence-corrected chi connectivity index (χ1v) is 13.3. The van der Waals surface area contributed by atoms with E-state index in [0.717, 1.165) is 48.1 Å². The Morgan fingerprint density at radius 3 is 2.41 bits per heavy atom. The molecule has 2 aromatic carbocycles. The third kappa shape index (κ3) is 5.18. The van der Waals surface area contributed by atoms with E-state index in [0.29, 0.717) is 45.0 Å². The summed E-state index contributed by atoms with van der Waals surface area (Å²) in [6, 6.07) is 13.7. The van der Waals surface area contributed by atoms with Gasteiger partial charge in [0.25, 0.3) is 5.91 Å². The maximum atomic E-state index is 12.4. The molecule has 4 aliphatic rings. The molecule has 196 valence electrons. The molecule has 1 atom stereocenters. The van der Waals surface area contributed by atoms with Crippen LogP contribution in [0.5, 0.6) is 5.75 Å². The quantitative estimate of drug-likeness (QED) is 0.658. The Morgan fingerprint density at radius 1 is 1.03 bits per heavy atom. The number of amides is 2. The van der Waals surface area contributed by atoms with E-state index < -0.39 is 6.10 Å². The fourth-order valence-corrected chi connectivity index (χ4v) is 5.20. The van der Waals surface area contributed by atoms with E-state index in [1.807, 2.05) is 36.4 Å². The van der Waals surface area contributed by atoms with Crippen LogP contribution in [0.15, 0.2) is 42.5 Å². The minimum Gasteiger partial charge on any atom is -0.464 e. The number of carbonyl (C=O) groups is 2. The molecule has 2 saturated heterocycles. The van der Waals surface area contributed by atoms with Gasteiger partial charge < -0.3 is 29.1 Å². The summed E-state index contributed by atoms with van der Waals surface area (Å²) in [6.07, 6.45) is 3.01. The molecule has 6 rings (SSSR count). The Labute approximate surface area is 217 Å². The molecule has 3 aliphatic heterocycles. The minimum absolute atomic E-state index is 0.0505. The molecular formula is C29H34N2O6. The molecule has 2 amide bonds. The highest BCUT2D eigenvalue weighted by molar-refractivity contribution is 5.95. The van der Waals surface area contributed by atoms with Crippen molar-refractivity contribution in [3.8, 4) is 16.9 Å². The highest BCUT2D eigenvalue weighted by Gasteiger charge is 2.40. The van der Waals surface area contributed by atoms with Crippen molar-refractivity contribution in [1.29, 1.82) is 0 Å². The molecule has 37 heavy (non-hydrogen) atoms. The highest BCUT2D eigenvalue weighted by atomic mass is 16.7. The van der Waals surface area contributed by atoms with E-state index in [1.165, 1.54) is 0 Å². The van der Waals surface area contributed by atoms with Gasteiger partial charge in [0.2, 0.25) is 6.29 Å². The number of nitrogens with zero attached hydrogens (tertiary/aromatic N) is 2. The topological polar surface area (TPSA) is 88.5 Å². The second-order valence-electron chi connectivity index (χ2n) is 11.3. The van der Waals surface area contributed by atoms with Crippen molar-refractivity contribution in [3.05, 3.63) is 53.6 Å². The van der Waals surface area contributed by atoms with E-state index in [-0.39, 0.29) is 29.6 Å². The minimum atomic E-state index is -0.403. The van der Waals surface area contributed by atoms with Crippen LogP contribution in [-0.2, 0) is 16.1 Å². The van der Waals surface area contributed by atoms with Crippen LogP contribution in [0.3, 0.4) is 0 Å². The molecule has 0 spiro atoms. The molecule has 3 fully saturated rings. The van der Waals surface area contributed by atoms with Gasteiger partial charge in [0, 0.05) is 48.6 Å². The van der Waals surface area contributed by atoms with E-state index >= 15 is 0 Å². The number of hydrogen-bond donors (Lipinski definition) is 1. The predicted molar refractivity (Wildman–Crippen MR) is 136 cm³/mol. The molecule has 3 heterocycles. The number of aliphatic hydroxyl groups excluding tert-OH is 1. The molecule has 0 aromatic heterocycles. The van der Waals surface area contributed by atoms with Gasteiger partial charge in [0.05, 0.1) is 19.3 Å². The molecule has 0 radical (unpaired) electrons. The van der Waals surface area contributed by atoms with Crippen LogP contribution < -0.4 is 4.74 Å². The first-order chi connectivity index (χ1) is 17.9. The van der Waals surface area contributed by atoms with E-state index in [4.69, 9.17) is 14.2 Å². The zero-order valence-electron chi connectivity index (χ0n) is 21.2. The fourth-order valence-electron chi connectivity index (χ4n) is 5.20. The van der Waals surface area contributed by atoms with Crippen molar-refractivity contribution < 1.29 is 28.9 Å². The molecule has 1 saturated carbocycles. The summed E-state index contributed by atoms with van der Waals surface area (Å²) in [4.78, 5) is 28.3. The second kappa shape index (κ2) is 9.65. The molecule has 1 N–H and O–H groups in total. The van der Waals surface area contributed by atoms with Crippen LogP contribution in [-0.4, -0.2) is 72.1 Å². The van der Waals surface area contributed by atoms with E-state index in [2.05, 4.69) is 13.0 Å². The Morgan fingerprint density at radius 2 is 1.73 bits per heavy atom. The fraction of sp³-hybridized carbons (Fsp3) is 0.517. The number of rotatable bonds is 5. The third-order valence-corrected chi connectivity index (χ3v) is 8.15. The zero-order valence-corrected chi connectivity index (χ0v) is 21.2. The summed E-state index contributed by atoms with van der Waals surface area (Å²) in [7, 11) is 0. The SMILES string of the molecule is CC1(COC(=O)N2CCC(C3OCc4cc(-c5ccc(C(=O)N6CC(O)C6)cc5)ccc4O3)CC2)CC1. The van der Waals surface area contributed by atoms with Gasteiger partial charge in [-0.15, -0.1) is 0 Å². The van der Waals surface area contributed by atoms with E-state index in [1.54, 1.807) is 9.80 Å². The van der Waals surface area contributed by atoms with Crippen LogP contribution in [0, 0.1) is 11.3 Å². The predicted octanol–water partition coefficient (Wildman–Crippen LogP) is 4.05. The van der Waals surface area contributed by atoms with Gasteiger partial charge in [-0.05, 0) is 61.1 Å². The number of fused-ring (bicyclic) bond motifs is 1. The third-order valence-electron chi connectivity index (χ3n) is 8.15. The first-order valence-electron chi connectivity index (χ1n) is 13.3. The van der Waals surface area contributed by atoms with Crippen LogP contribution in [0.25, 0.3) is 11.1 Å². The van der Waals surface area contributed by atoms with Crippen LogP contribution in [0.4, 0.5) is 4.79 Å². The van der Waals surface area contributed by atoms with Gasteiger partial charge in [0.15, 0.2) is 0 Å². The van der Waals surface area contributed by atoms with Gasteiger partial charge in [-0.3, -0.25) is 4.79 Å². The van der Waals surface area contributed by atoms with Crippen molar-refractivity contribution in [2.45, 2.75) is 51.6 Å². The summed E-state index contributed by atoms with van der Waals surface area (Å²) in [6.45, 7) is 5.27. The highest BCUT2D eigenvalue weighted by Crippen LogP contribution is 2.45. The van der Waals surface area contributed by atoms with Gasteiger partial charge in [-0.1, -0.05) is 25.1 Å². The zero-order chi connectivity index (χ0) is 25.6. The monoisotopic (exact) mass is 506 g/mol. The maximum Gasteiger partial charge on any atom is 0.409 e. The Bertz CT molecular complexity index is 1160. The van der Waals surface area contributed by atoms with E-state index in [9.17, 15) is 14.7 Å². The summed E-state index contributed by atoms with van der Waals surface area (Å²) in [5.74, 6) is 1.02. The average molecular weight is 507 g/mol. The van der Waals surface area contributed by atoms with Crippen LogP contribution >= 0.6 is 0 Å². The summed E-state index contributed by atoms with van der Waals surface area (Å²) in [5.41, 5.74) is 3.87. The number of ether oxygens (including phenoxy) is 3. The van der Waals surface area contributed by atoms with Crippen LogP contribution in [0.2, 0.25) is 0 Å². The lowest BCUT2D eigenvalue weighted by molar-refractivity contribution is -0.148. The standard InChI is InChI=1S/C29H34N2O6/c1-29(10-11-29)18-36-28(34)30-12-8-21(9-13-30)27-35-17-23-14-22(6-7-25(23)37-27)19-2-4-20(5-3-19)26(33)31-15-24(32)16-31/h2-7,14,21,24,27,32H,8-13,15-18H2,1H3. The number of piperidine rings is 1. The molecule has 8 heteroatoms.